The largest absolute Gasteiger partial charge is 0.508 e. The maximum Gasteiger partial charge on any atom is 0.319 e. The standard InChI is InChI=1S/C59H64ClF2N9O8S/c1-32(2)50(58(76)71-29-42(73)25-47(71)56(74)64-35(5)38-11-13-39(14-12-38)54-36(6)63-31-80-54)48-27-49(67-79-48)77-30-37-15-17-68(18-16-37)28-33(3)78-59-65-53-45(55(66-59)69-19-21-70(22-20-69)57(75)34(4)61)26-46(60)51(52(53)62)44-24-41(72)23-40-9-7-8-10-43(40)44/h7-14,23-24,26-27,31-33,35,37,42,47,50,72-73H,4,15-22,25,28-30H2,1-3,5-6H3,(H,64,74)/t33-,35+,42-,47+,50-/m1/s1. The maximum absolute atomic E-state index is 17.2. The summed E-state index contributed by atoms with van der Waals surface area (Å²) in [6.07, 6.45) is 0.420. The molecular formula is C59H64ClF2N9O8S. The highest BCUT2D eigenvalue weighted by atomic mass is 35.5. The van der Waals surface area contributed by atoms with E-state index in [0.717, 1.165) is 47.6 Å². The van der Waals surface area contributed by atoms with Crippen LogP contribution in [0.2, 0.25) is 5.02 Å². The number of nitrogens with zero attached hydrogens (tertiary/aromatic N) is 8. The molecule has 21 heteroatoms. The number of nitrogens with one attached hydrogen (secondary N) is 1. The fourth-order valence-electron chi connectivity index (χ4n) is 11.2. The third-order valence-corrected chi connectivity index (χ3v) is 16.7. The van der Waals surface area contributed by atoms with Gasteiger partial charge in [0.2, 0.25) is 11.8 Å². The van der Waals surface area contributed by atoms with Crippen LogP contribution < -0.4 is 19.7 Å². The number of β-amino-alcohol motifs (C(OH)–C–C–N with tert-alkyl or cyclic N) is 1. The molecule has 5 atom stereocenters. The Bertz CT molecular complexity index is 3440. The van der Waals surface area contributed by atoms with Gasteiger partial charge in [-0.15, -0.1) is 11.3 Å². The Morgan fingerprint density at radius 2 is 1.70 bits per heavy atom. The number of aromatic nitrogens is 4. The summed E-state index contributed by atoms with van der Waals surface area (Å²) in [7, 11) is 0. The normalized spacial score (nSPS) is 18.4. The SMILES string of the molecule is C=C(F)C(=O)N1CCN(c2nc(O[C@H](C)CN3CCC(COc4cc([C@H](C(=O)N5C[C@H](O)C[C@H]5C(=O)N[C@@H](C)c5ccc(-c6scnc6C)cc5)C(C)C)on4)CC3)nc3c(F)c(-c4cc(O)cc5ccccc45)c(Cl)cc23)CC1. The Balaban J connectivity index is 0.762. The molecule has 0 spiro atoms. The van der Waals surface area contributed by atoms with Crippen LogP contribution in [0.4, 0.5) is 14.6 Å². The summed E-state index contributed by atoms with van der Waals surface area (Å²) in [6.45, 7) is 15.9. The van der Waals surface area contributed by atoms with Crippen LogP contribution in [0, 0.1) is 24.6 Å². The van der Waals surface area contributed by atoms with Crippen LogP contribution in [0.15, 0.2) is 95.2 Å². The molecule has 0 unspecified atom stereocenters. The van der Waals surface area contributed by atoms with E-state index in [1.165, 1.54) is 15.9 Å². The van der Waals surface area contributed by atoms with Crippen molar-refractivity contribution in [3.63, 3.8) is 0 Å². The molecule has 6 heterocycles. The number of thiazole rings is 1. The lowest BCUT2D eigenvalue weighted by molar-refractivity contribution is -0.141. The van der Waals surface area contributed by atoms with E-state index < -0.39 is 41.7 Å². The van der Waals surface area contributed by atoms with Crippen molar-refractivity contribution in [1.29, 1.82) is 0 Å². The van der Waals surface area contributed by atoms with Crippen LogP contribution >= 0.6 is 22.9 Å². The van der Waals surface area contributed by atoms with Crippen molar-refractivity contribution in [1.82, 2.24) is 40.1 Å². The van der Waals surface area contributed by atoms with Gasteiger partial charge < -0.3 is 44.2 Å². The molecule has 3 fully saturated rings. The number of phenolic OH excluding ortho intramolecular Hbond substituents is 1. The monoisotopic (exact) mass is 1130 g/mol. The number of benzene rings is 4. The minimum Gasteiger partial charge on any atom is -0.508 e. The Morgan fingerprint density at radius 1 is 0.963 bits per heavy atom. The number of likely N-dealkylation sites (tertiary alicyclic amines) is 2. The zero-order chi connectivity index (χ0) is 56.5. The number of rotatable bonds is 17. The van der Waals surface area contributed by atoms with E-state index >= 15 is 4.39 Å². The van der Waals surface area contributed by atoms with E-state index in [0.29, 0.717) is 46.5 Å². The number of aliphatic hydroxyl groups excluding tert-OH is 1. The van der Waals surface area contributed by atoms with Crippen molar-refractivity contribution in [2.75, 3.05) is 63.9 Å². The van der Waals surface area contributed by atoms with E-state index in [9.17, 15) is 29.0 Å². The number of carbonyl (C=O) groups is 3. The first kappa shape index (κ1) is 56.0. The molecule has 3 aliphatic heterocycles. The van der Waals surface area contributed by atoms with Gasteiger partial charge in [-0.2, -0.15) is 9.97 Å². The highest BCUT2D eigenvalue weighted by molar-refractivity contribution is 7.13. The third kappa shape index (κ3) is 11.9. The van der Waals surface area contributed by atoms with E-state index in [1.807, 2.05) is 93.6 Å². The van der Waals surface area contributed by atoms with Crippen LogP contribution in [0.1, 0.15) is 75.9 Å². The predicted octanol–water partition coefficient (Wildman–Crippen LogP) is 9.64. The zero-order valence-corrected chi connectivity index (χ0v) is 46.8. The molecule has 3 aliphatic rings. The highest BCUT2D eigenvalue weighted by Crippen LogP contribution is 2.43. The van der Waals surface area contributed by atoms with Crippen molar-refractivity contribution < 1.29 is 47.4 Å². The fourth-order valence-corrected chi connectivity index (χ4v) is 12.3. The number of aryl methyl sites for hydroxylation is 1. The molecule has 4 aromatic carbocycles. The van der Waals surface area contributed by atoms with Crippen LogP contribution in [0.25, 0.3) is 43.2 Å². The van der Waals surface area contributed by atoms with Gasteiger partial charge in [-0.3, -0.25) is 19.3 Å². The lowest BCUT2D eigenvalue weighted by Crippen LogP contribution is -2.49. The third-order valence-electron chi connectivity index (χ3n) is 15.4. The van der Waals surface area contributed by atoms with Gasteiger partial charge in [0.15, 0.2) is 17.4 Å². The quantitative estimate of drug-likeness (QED) is 0.0728. The van der Waals surface area contributed by atoms with E-state index in [4.69, 9.17) is 30.6 Å². The molecule has 80 heavy (non-hydrogen) atoms. The number of phenols is 1. The van der Waals surface area contributed by atoms with Gasteiger partial charge in [-0.05, 0) is 109 Å². The van der Waals surface area contributed by atoms with Crippen LogP contribution in [-0.4, -0.2) is 140 Å². The van der Waals surface area contributed by atoms with Gasteiger partial charge in [-0.1, -0.05) is 80.6 Å². The molecule has 0 aliphatic carbocycles. The molecule has 0 saturated carbocycles. The molecule has 3 saturated heterocycles. The van der Waals surface area contributed by atoms with Crippen molar-refractivity contribution in [3.05, 3.63) is 119 Å². The summed E-state index contributed by atoms with van der Waals surface area (Å²) in [5.41, 5.74) is 5.12. The lowest BCUT2D eigenvalue weighted by atomic mass is 9.91. The zero-order valence-electron chi connectivity index (χ0n) is 45.2. The fraction of sp³-hybridized carbons (Fsp3) is 0.407. The number of amides is 3. The first-order chi connectivity index (χ1) is 38.4. The lowest BCUT2D eigenvalue weighted by Gasteiger charge is -2.35. The molecule has 3 aromatic heterocycles. The summed E-state index contributed by atoms with van der Waals surface area (Å²) >= 11 is 8.50. The number of aliphatic hydroxyl groups is 1. The van der Waals surface area contributed by atoms with Crippen molar-refractivity contribution in [3.8, 4) is 39.2 Å². The number of halogens is 3. The van der Waals surface area contributed by atoms with Gasteiger partial charge in [0.25, 0.3) is 11.8 Å². The van der Waals surface area contributed by atoms with Crippen molar-refractivity contribution >= 4 is 68.2 Å². The number of aromatic hydroxyl groups is 1. The van der Waals surface area contributed by atoms with Crippen LogP contribution in [0.3, 0.4) is 0 Å². The molecule has 420 valence electrons. The van der Waals surface area contributed by atoms with Gasteiger partial charge in [0.05, 0.1) is 39.9 Å². The topological polar surface area (TPSA) is 200 Å². The highest BCUT2D eigenvalue weighted by Gasteiger charge is 2.44. The number of piperidine rings is 1. The Hall–Kier alpha value is -7.26. The summed E-state index contributed by atoms with van der Waals surface area (Å²) in [5.74, 6) is -3.22. The predicted molar refractivity (Wildman–Crippen MR) is 302 cm³/mol. The van der Waals surface area contributed by atoms with E-state index in [2.05, 4.69) is 31.9 Å². The first-order valence-electron chi connectivity index (χ1n) is 27.0. The molecule has 17 nitrogen and oxygen atoms in total. The first-order valence-corrected chi connectivity index (χ1v) is 28.2. The molecule has 7 aromatic rings. The second-order valence-electron chi connectivity index (χ2n) is 21.5. The second-order valence-corrected chi connectivity index (χ2v) is 22.7. The molecule has 3 amide bonds. The summed E-state index contributed by atoms with van der Waals surface area (Å²) in [5, 5.41) is 30.5. The second kappa shape index (κ2) is 23.8. The van der Waals surface area contributed by atoms with Crippen LogP contribution in [-0.2, 0) is 14.4 Å². The number of anilines is 1. The number of ether oxygens (including phenoxy) is 2. The minimum absolute atomic E-state index is 0.0120. The van der Waals surface area contributed by atoms with Gasteiger partial charge in [0, 0.05) is 62.7 Å². The summed E-state index contributed by atoms with van der Waals surface area (Å²) < 4.78 is 49.4. The number of fused-ring (bicyclic) bond motifs is 2. The van der Waals surface area contributed by atoms with E-state index in [1.54, 1.807) is 29.5 Å². The molecule has 0 radical (unpaired) electrons. The van der Waals surface area contributed by atoms with Gasteiger partial charge in [0.1, 0.15) is 35.1 Å². The Kier molecular flexibility index (Phi) is 16.7. The van der Waals surface area contributed by atoms with Crippen LogP contribution in [0.5, 0.6) is 17.6 Å². The average molecular weight is 1130 g/mol. The smallest absolute Gasteiger partial charge is 0.319 e. The van der Waals surface area contributed by atoms with Gasteiger partial charge >= 0.3 is 6.01 Å². The number of piperazine rings is 1. The van der Waals surface area contributed by atoms with Crippen molar-refractivity contribution in [2.24, 2.45) is 11.8 Å². The Labute approximate surface area is 471 Å². The van der Waals surface area contributed by atoms with E-state index in [-0.39, 0.29) is 103 Å². The number of hydrogen-bond acceptors (Lipinski definition) is 15. The average Bonchev–Trinajstić information content (AvgIpc) is 4.23. The maximum atomic E-state index is 17.2. The summed E-state index contributed by atoms with van der Waals surface area (Å²) in [6, 6.07) is 20.3. The summed E-state index contributed by atoms with van der Waals surface area (Å²) in [4.78, 5) is 62.4. The number of carbonyl (C=O) groups excluding carboxylic acids is 3. The van der Waals surface area contributed by atoms with Crippen molar-refractivity contribution in [2.45, 2.75) is 84.1 Å². The molecule has 0 bridgehead atoms. The molecular weight excluding hydrogens is 1070 g/mol. The molecule has 3 N–H and O–H groups in total. The Morgan fingerprint density at radius 3 is 2.40 bits per heavy atom. The minimum atomic E-state index is -1.05. The van der Waals surface area contributed by atoms with Gasteiger partial charge in [-0.25, -0.2) is 13.8 Å². The number of hydrogen-bond donors (Lipinski definition) is 3. The molecule has 10 rings (SSSR count).